The van der Waals surface area contributed by atoms with Gasteiger partial charge in [0.1, 0.15) is 5.69 Å². The zero-order chi connectivity index (χ0) is 26.7. The summed E-state index contributed by atoms with van der Waals surface area (Å²) in [5, 5.41) is 0.719. The quantitative estimate of drug-likeness (QED) is 0.341. The van der Waals surface area contributed by atoms with Crippen molar-refractivity contribution < 1.29 is 13.2 Å². The van der Waals surface area contributed by atoms with Crippen LogP contribution in [-0.4, -0.2) is 86.4 Å². The highest BCUT2D eigenvalue weighted by Gasteiger charge is 2.30. The van der Waals surface area contributed by atoms with Crippen LogP contribution in [0.1, 0.15) is 16.9 Å². The van der Waals surface area contributed by atoms with Crippen molar-refractivity contribution in [3.05, 3.63) is 90.6 Å². The highest BCUT2D eigenvalue weighted by molar-refractivity contribution is 7.90. The maximum absolute atomic E-state index is 13.9. The highest BCUT2D eigenvalue weighted by Crippen LogP contribution is 2.31. The molecule has 198 valence electrons. The van der Waals surface area contributed by atoms with Crippen molar-refractivity contribution in [3.8, 4) is 11.1 Å². The Morgan fingerprint density at radius 2 is 1.47 bits per heavy atom. The fourth-order valence-electron chi connectivity index (χ4n) is 5.05. The molecule has 5 rings (SSSR count). The summed E-state index contributed by atoms with van der Waals surface area (Å²) < 4.78 is 29.0. The second kappa shape index (κ2) is 11.1. The molecule has 0 saturated carbocycles. The Hall–Kier alpha value is -3.46. The first kappa shape index (κ1) is 26.2. The van der Waals surface area contributed by atoms with Crippen molar-refractivity contribution in [1.82, 2.24) is 18.7 Å². The Balaban J connectivity index is 1.50. The summed E-state index contributed by atoms with van der Waals surface area (Å²) in [7, 11) is 0.152. The zero-order valence-corrected chi connectivity index (χ0v) is 22.8. The normalized spacial score (nSPS) is 14.9. The Bertz CT molecular complexity index is 1510. The van der Waals surface area contributed by atoms with Gasteiger partial charge in [0.2, 0.25) is 0 Å². The first-order valence-corrected chi connectivity index (χ1v) is 14.5. The maximum atomic E-state index is 13.9. The Kier molecular flexibility index (Phi) is 7.65. The van der Waals surface area contributed by atoms with E-state index in [0.717, 1.165) is 49.1 Å². The minimum Gasteiger partial charge on any atom is -0.335 e. The van der Waals surface area contributed by atoms with Crippen LogP contribution in [0.3, 0.4) is 0 Å². The van der Waals surface area contributed by atoms with Crippen molar-refractivity contribution in [2.24, 2.45) is 0 Å². The molecule has 2 heterocycles. The van der Waals surface area contributed by atoms with Gasteiger partial charge in [-0.25, -0.2) is 12.4 Å². The molecular formula is C30H34N4O3S. The van der Waals surface area contributed by atoms with Crippen LogP contribution in [0.2, 0.25) is 0 Å². The molecule has 0 spiro atoms. The van der Waals surface area contributed by atoms with E-state index in [9.17, 15) is 13.2 Å². The molecule has 8 heteroatoms. The van der Waals surface area contributed by atoms with Crippen molar-refractivity contribution in [1.29, 1.82) is 0 Å². The van der Waals surface area contributed by atoms with Crippen LogP contribution in [-0.2, 0) is 10.0 Å². The molecule has 0 unspecified atom stereocenters. The molecule has 1 aliphatic rings. The number of nitrogens with zero attached hydrogens (tertiary/aromatic N) is 4. The molecule has 4 aromatic rings. The molecule has 0 aliphatic carbocycles. The molecular weight excluding hydrogens is 496 g/mol. The first-order valence-electron chi connectivity index (χ1n) is 13.0. The minimum absolute atomic E-state index is 0.157. The van der Waals surface area contributed by atoms with Gasteiger partial charge in [0.25, 0.3) is 15.9 Å². The Morgan fingerprint density at radius 3 is 2.13 bits per heavy atom. The van der Waals surface area contributed by atoms with E-state index >= 15 is 0 Å². The average molecular weight is 531 g/mol. The van der Waals surface area contributed by atoms with Gasteiger partial charge in [0, 0.05) is 31.6 Å². The number of rotatable bonds is 8. The van der Waals surface area contributed by atoms with Crippen LogP contribution in [0.5, 0.6) is 0 Å². The minimum atomic E-state index is -3.99. The summed E-state index contributed by atoms with van der Waals surface area (Å²) in [6, 6.07) is 25.7. The van der Waals surface area contributed by atoms with E-state index in [0.29, 0.717) is 18.6 Å². The van der Waals surface area contributed by atoms with E-state index in [4.69, 9.17) is 0 Å². The summed E-state index contributed by atoms with van der Waals surface area (Å²) in [6.07, 6.45) is 1.08. The lowest BCUT2D eigenvalue weighted by Crippen LogP contribution is -2.49. The highest BCUT2D eigenvalue weighted by atomic mass is 32.2. The second-order valence-electron chi connectivity index (χ2n) is 10.0. The maximum Gasteiger partial charge on any atom is 0.271 e. The van der Waals surface area contributed by atoms with Crippen LogP contribution < -0.4 is 0 Å². The third-order valence-corrected chi connectivity index (χ3v) is 8.85. The lowest BCUT2D eigenvalue weighted by Gasteiger charge is -2.35. The number of hydrogen-bond donors (Lipinski definition) is 0. The van der Waals surface area contributed by atoms with E-state index in [1.54, 1.807) is 47.4 Å². The number of carbonyl (C=O) groups is 1. The van der Waals surface area contributed by atoms with Crippen molar-refractivity contribution >= 4 is 26.8 Å². The molecule has 1 amide bonds. The van der Waals surface area contributed by atoms with Gasteiger partial charge in [-0.2, -0.15) is 0 Å². The number of piperazine rings is 1. The number of fused-ring (bicyclic) bond motifs is 1. The molecule has 0 bridgehead atoms. The predicted octanol–water partition coefficient (Wildman–Crippen LogP) is 4.25. The molecule has 1 saturated heterocycles. The monoisotopic (exact) mass is 530 g/mol. The fourth-order valence-corrected chi connectivity index (χ4v) is 6.58. The Morgan fingerprint density at radius 1 is 0.816 bits per heavy atom. The van der Waals surface area contributed by atoms with E-state index < -0.39 is 10.0 Å². The lowest BCUT2D eigenvalue weighted by atomic mass is 10.0. The van der Waals surface area contributed by atoms with E-state index in [1.807, 2.05) is 42.5 Å². The summed E-state index contributed by atoms with van der Waals surface area (Å²) >= 11 is 0. The lowest BCUT2D eigenvalue weighted by molar-refractivity contribution is 0.0627. The molecule has 3 aromatic carbocycles. The summed E-state index contributed by atoms with van der Waals surface area (Å²) in [5.41, 5.74) is 2.68. The van der Waals surface area contributed by atoms with E-state index in [-0.39, 0.29) is 16.5 Å². The third-order valence-electron chi connectivity index (χ3n) is 7.10. The molecule has 1 aromatic heterocycles. The third kappa shape index (κ3) is 5.38. The van der Waals surface area contributed by atoms with Gasteiger partial charge in [0.05, 0.1) is 10.4 Å². The molecule has 1 fully saturated rings. The topological polar surface area (TPSA) is 65.9 Å². The summed E-state index contributed by atoms with van der Waals surface area (Å²) in [5.74, 6) is -0.255. The molecule has 0 radical (unpaired) electrons. The van der Waals surface area contributed by atoms with Gasteiger partial charge in [-0.15, -0.1) is 0 Å². The van der Waals surface area contributed by atoms with Crippen molar-refractivity contribution in [2.45, 2.75) is 11.3 Å². The molecule has 38 heavy (non-hydrogen) atoms. The summed E-state index contributed by atoms with van der Waals surface area (Å²) in [6.45, 7) is 4.73. The average Bonchev–Trinajstić information content (AvgIpc) is 3.33. The molecule has 1 aliphatic heterocycles. The van der Waals surface area contributed by atoms with Gasteiger partial charge in [-0.1, -0.05) is 54.6 Å². The SMILES string of the molecule is CN(C)CCCN1CCN(C(=O)c2cc3cc(-c4ccccc4)ccc3n2S(=O)(=O)c2ccccc2)CC1. The van der Waals surface area contributed by atoms with Crippen LogP contribution in [0, 0.1) is 0 Å². The van der Waals surface area contributed by atoms with Crippen LogP contribution in [0.25, 0.3) is 22.0 Å². The van der Waals surface area contributed by atoms with Crippen LogP contribution in [0.4, 0.5) is 0 Å². The molecule has 7 nitrogen and oxygen atoms in total. The van der Waals surface area contributed by atoms with Gasteiger partial charge < -0.3 is 9.80 Å². The number of amides is 1. The molecule has 0 N–H and O–H groups in total. The smallest absolute Gasteiger partial charge is 0.271 e. The van der Waals surface area contributed by atoms with E-state index in [1.165, 1.54) is 3.97 Å². The summed E-state index contributed by atoms with van der Waals surface area (Å²) in [4.78, 5) is 20.3. The largest absolute Gasteiger partial charge is 0.335 e. The van der Waals surface area contributed by atoms with Gasteiger partial charge in [-0.3, -0.25) is 9.69 Å². The second-order valence-corrected chi connectivity index (χ2v) is 11.8. The van der Waals surface area contributed by atoms with Gasteiger partial charge in [0.15, 0.2) is 0 Å². The van der Waals surface area contributed by atoms with Crippen LogP contribution >= 0.6 is 0 Å². The number of carbonyl (C=O) groups excluding carboxylic acids is 1. The number of hydrogen-bond acceptors (Lipinski definition) is 5. The zero-order valence-electron chi connectivity index (χ0n) is 22.0. The predicted molar refractivity (Wildman–Crippen MR) is 152 cm³/mol. The van der Waals surface area contributed by atoms with E-state index in [2.05, 4.69) is 23.9 Å². The van der Waals surface area contributed by atoms with Gasteiger partial charge in [-0.05, 0) is 75.1 Å². The fraction of sp³-hybridized carbons (Fsp3) is 0.300. The standard InChI is InChI=1S/C30H34N4O3S/c1-31(2)16-9-17-32-18-20-33(21-19-32)30(35)29-23-26-22-25(24-10-5-3-6-11-24)14-15-28(26)34(29)38(36,37)27-12-7-4-8-13-27/h3-8,10-15,22-23H,9,16-21H2,1-2H3. The Labute approximate surface area is 224 Å². The van der Waals surface area contributed by atoms with Crippen molar-refractivity contribution in [3.63, 3.8) is 0 Å². The van der Waals surface area contributed by atoms with Crippen molar-refractivity contribution in [2.75, 3.05) is 53.4 Å². The van der Waals surface area contributed by atoms with Crippen LogP contribution in [0.15, 0.2) is 89.8 Å². The molecule has 0 atom stereocenters. The number of aromatic nitrogens is 1. The number of benzene rings is 3. The van der Waals surface area contributed by atoms with Gasteiger partial charge >= 0.3 is 0 Å². The first-order chi connectivity index (χ1) is 18.3.